The molecule has 0 fully saturated rings. The number of nitrogens with zero attached hydrogens (tertiary/aromatic N) is 2. The molecule has 3 nitrogen and oxygen atoms in total. The average Bonchev–Trinajstić information content (AvgIpc) is 2.30. The van der Waals surface area contributed by atoms with Gasteiger partial charge in [-0.15, -0.1) is 0 Å². The van der Waals surface area contributed by atoms with Crippen molar-refractivity contribution < 1.29 is 0 Å². The van der Waals surface area contributed by atoms with E-state index in [1.54, 1.807) is 6.92 Å². The highest BCUT2D eigenvalue weighted by atomic mass is 35.5. The molecule has 0 saturated carbocycles. The van der Waals surface area contributed by atoms with Crippen molar-refractivity contribution in [3.8, 4) is 0 Å². The second-order valence-electron chi connectivity index (χ2n) is 4.12. The number of benzene rings is 1. The summed E-state index contributed by atoms with van der Waals surface area (Å²) in [6.45, 7) is 5.64. The van der Waals surface area contributed by atoms with Crippen LogP contribution >= 0.6 is 23.2 Å². The van der Waals surface area contributed by atoms with E-state index in [0.717, 1.165) is 21.8 Å². The summed E-state index contributed by atoms with van der Waals surface area (Å²) < 4.78 is 0. The number of anilines is 2. The van der Waals surface area contributed by atoms with Gasteiger partial charge < -0.3 is 5.32 Å². The molecule has 1 aromatic carbocycles. The molecule has 0 saturated heterocycles. The van der Waals surface area contributed by atoms with Gasteiger partial charge in [0.15, 0.2) is 0 Å². The summed E-state index contributed by atoms with van der Waals surface area (Å²) in [7, 11) is 0. The number of nitrogens with one attached hydrogen (secondary N) is 1. The highest BCUT2D eigenvalue weighted by molar-refractivity contribution is 6.31. The second kappa shape index (κ2) is 5.12. The fraction of sp³-hybridized carbons (Fsp3) is 0.231. The molecule has 1 N–H and O–H groups in total. The van der Waals surface area contributed by atoms with E-state index in [1.165, 1.54) is 0 Å². The number of aryl methyl sites for hydroxylation is 2. The minimum Gasteiger partial charge on any atom is -0.340 e. The van der Waals surface area contributed by atoms with Gasteiger partial charge in [-0.1, -0.05) is 29.3 Å². The van der Waals surface area contributed by atoms with Crippen LogP contribution < -0.4 is 5.32 Å². The standard InChI is InChI=1S/C13H13Cl2N3/c1-7-4-5-10(6-11(7)14)18-13-8(2)12(15)16-9(3)17-13/h4-6H,1-3H3,(H,16,17,18). The molecular weight excluding hydrogens is 269 g/mol. The molecule has 0 atom stereocenters. The molecule has 2 rings (SSSR count). The maximum atomic E-state index is 6.08. The first kappa shape index (κ1) is 13.1. The van der Waals surface area contributed by atoms with Gasteiger partial charge in [0, 0.05) is 16.3 Å². The summed E-state index contributed by atoms with van der Waals surface area (Å²) in [6, 6.07) is 5.77. The highest BCUT2D eigenvalue weighted by Crippen LogP contribution is 2.26. The van der Waals surface area contributed by atoms with E-state index in [2.05, 4.69) is 15.3 Å². The van der Waals surface area contributed by atoms with Crippen molar-refractivity contribution >= 4 is 34.7 Å². The Labute approximate surface area is 116 Å². The first-order valence-corrected chi connectivity index (χ1v) is 6.27. The molecule has 0 radical (unpaired) electrons. The Morgan fingerprint density at radius 1 is 1.06 bits per heavy atom. The summed E-state index contributed by atoms with van der Waals surface area (Å²) in [6.07, 6.45) is 0. The van der Waals surface area contributed by atoms with Crippen molar-refractivity contribution in [2.45, 2.75) is 20.8 Å². The molecule has 1 aromatic heterocycles. The maximum absolute atomic E-state index is 6.08. The number of rotatable bonds is 2. The number of halogens is 2. The lowest BCUT2D eigenvalue weighted by Gasteiger charge is -2.11. The van der Waals surface area contributed by atoms with Crippen LogP contribution in [0.1, 0.15) is 17.0 Å². The monoisotopic (exact) mass is 281 g/mol. The number of hydrogen-bond donors (Lipinski definition) is 1. The maximum Gasteiger partial charge on any atom is 0.138 e. The summed E-state index contributed by atoms with van der Waals surface area (Å²) in [4.78, 5) is 8.43. The van der Waals surface area contributed by atoms with Crippen molar-refractivity contribution in [1.29, 1.82) is 0 Å². The van der Waals surface area contributed by atoms with Crippen LogP contribution in [0.4, 0.5) is 11.5 Å². The largest absolute Gasteiger partial charge is 0.340 e. The third-order valence-corrected chi connectivity index (χ3v) is 3.41. The van der Waals surface area contributed by atoms with E-state index in [0.29, 0.717) is 16.8 Å². The Hall–Kier alpha value is -1.32. The van der Waals surface area contributed by atoms with E-state index < -0.39 is 0 Å². The molecule has 0 aliphatic heterocycles. The van der Waals surface area contributed by atoms with Crippen molar-refractivity contribution in [1.82, 2.24) is 9.97 Å². The van der Waals surface area contributed by atoms with E-state index in [4.69, 9.17) is 23.2 Å². The Balaban J connectivity index is 2.36. The summed E-state index contributed by atoms with van der Waals surface area (Å²) in [5.74, 6) is 1.33. The molecule has 94 valence electrons. The van der Waals surface area contributed by atoms with E-state index >= 15 is 0 Å². The minimum atomic E-state index is 0.461. The molecule has 1 heterocycles. The normalized spacial score (nSPS) is 10.5. The van der Waals surface area contributed by atoms with Crippen molar-refractivity contribution in [3.63, 3.8) is 0 Å². The van der Waals surface area contributed by atoms with E-state index in [9.17, 15) is 0 Å². The van der Waals surface area contributed by atoms with Gasteiger partial charge in [0.2, 0.25) is 0 Å². The Kier molecular flexibility index (Phi) is 3.73. The number of hydrogen-bond acceptors (Lipinski definition) is 3. The summed E-state index contributed by atoms with van der Waals surface area (Å²) >= 11 is 12.1. The van der Waals surface area contributed by atoms with Crippen LogP contribution in [0.5, 0.6) is 0 Å². The molecule has 0 spiro atoms. The van der Waals surface area contributed by atoms with Gasteiger partial charge in [-0.05, 0) is 38.5 Å². The van der Waals surface area contributed by atoms with Crippen LogP contribution in [0.15, 0.2) is 18.2 Å². The molecular formula is C13H13Cl2N3. The van der Waals surface area contributed by atoms with Gasteiger partial charge in [0.25, 0.3) is 0 Å². The van der Waals surface area contributed by atoms with Crippen LogP contribution in [0, 0.1) is 20.8 Å². The minimum absolute atomic E-state index is 0.461. The van der Waals surface area contributed by atoms with Gasteiger partial charge >= 0.3 is 0 Å². The summed E-state index contributed by atoms with van der Waals surface area (Å²) in [5, 5.41) is 4.38. The zero-order valence-electron chi connectivity index (χ0n) is 10.4. The Bertz CT molecular complexity index is 597. The van der Waals surface area contributed by atoms with Gasteiger partial charge in [-0.2, -0.15) is 0 Å². The fourth-order valence-electron chi connectivity index (χ4n) is 1.52. The van der Waals surface area contributed by atoms with Gasteiger partial charge in [0.05, 0.1) is 0 Å². The lowest BCUT2D eigenvalue weighted by molar-refractivity contribution is 1.04. The van der Waals surface area contributed by atoms with E-state index in [1.807, 2.05) is 32.0 Å². The highest BCUT2D eigenvalue weighted by Gasteiger charge is 2.08. The topological polar surface area (TPSA) is 37.8 Å². The summed E-state index contributed by atoms with van der Waals surface area (Å²) in [5.41, 5.74) is 2.73. The van der Waals surface area contributed by atoms with Gasteiger partial charge in [-0.25, -0.2) is 9.97 Å². The van der Waals surface area contributed by atoms with Crippen LogP contribution in [0.2, 0.25) is 10.2 Å². The van der Waals surface area contributed by atoms with Crippen LogP contribution in [0.3, 0.4) is 0 Å². The lowest BCUT2D eigenvalue weighted by atomic mass is 10.2. The van der Waals surface area contributed by atoms with Crippen LogP contribution in [0.25, 0.3) is 0 Å². The predicted octanol–water partition coefficient (Wildman–Crippen LogP) is 4.45. The third kappa shape index (κ3) is 2.74. The molecule has 18 heavy (non-hydrogen) atoms. The molecule has 0 bridgehead atoms. The molecule has 0 unspecified atom stereocenters. The van der Waals surface area contributed by atoms with E-state index in [-0.39, 0.29) is 0 Å². The van der Waals surface area contributed by atoms with Crippen LogP contribution in [-0.2, 0) is 0 Å². The zero-order chi connectivity index (χ0) is 13.3. The molecule has 0 aliphatic rings. The quantitative estimate of drug-likeness (QED) is 0.827. The van der Waals surface area contributed by atoms with Crippen molar-refractivity contribution in [2.75, 3.05) is 5.32 Å². The number of aromatic nitrogens is 2. The van der Waals surface area contributed by atoms with Gasteiger partial charge in [0.1, 0.15) is 16.8 Å². The average molecular weight is 282 g/mol. The first-order valence-electron chi connectivity index (χ1n) is 5.51. The molecule has 5 heteroatoms. The first-order chi connectivity index (χ1) is 8.47. The molecule has 2 aromatic rings. The molecule has 0 amide bonds. The van der Waals surface area contributed by atoms with Gasteiger partial charge in [-0.3, -0.25) is 0 Å². The lowest BCUT2D eigenvalue weighted by Crippen LogP contribution is -2.01. The predicted molar refractivity (Wildman–Crippen MR) is 76.0 cm³/mol. The van der Waals surface area contributed by atoms with Crippen molar-refractivity contribution in [3.05, 3.63) is 45.3 Å². The zero-order valence-corrected chi connectivity index (χ0v) is 11.9. The van der Waals surface area contributed by atoms with Crippen molar-refractivity contribution in [2.24, 2.45) is 0 Å². The molecule has 0 aliphatic carbocycles. The fourth-order valence-corrected chi connectivity index (χ4v) is 1.92. The SMILES string of the molecule is Cc1nc(Cl)c(C)c(Nc2ccc(C)c(Cl)c2)n1. The Morgan fingerprint density at radius 3 is 2.44 bits per heavy atom. The third-order valence-electron chi connectivity index (χ3n) is 2.63. The van der Waals surface area contributed by atoms with Crippen LogP contribution in [-0.4, -0.2) is 9.97 Å². The Morgan fingerprint density at radius 2 is 1.78 bits per heavy atom. The smallest absolute Gasteiger partial charge is 0.138 e. The second-order valence-corrected chi connectivity index (χ2v) is 4.89.